The topological polar surface area (TPSA) is 35.5 Å². The van der Waals surface area contributed by atoms with Crippen LogP contribution in [-0.2, 0) is 10.1 Å². The molecule has 0 atom stereocenters. The average Bonchev–Trinajstić information content (AvgIpc) is 2.38. The lowest BCUT2D eigenvalue weighted by molar-refractivity contribution is 0.0600. The summed E-state index contributed by atoms with van der Waals surface area (Å²) in [5, 5.41) is 0.771. The van der Waals surface area contributed by atoms with Crippen molar-refractivity contribution in [2.24, 2.45) is 0 Å². The fourth-order valence-corrected chi connectivity index (χ4v) is 3.26. The Bertz CT molecular complexity index is 533. The second-order valence-corrected chi connectivity index (χ2v) is 12.1. The van der Waals surface area contributed by atoms with Gasteiger partial charge in [-0.2, -0.15) is 0 Å². The molecule has 21 heavy (non-hydrogen) atoms. The molecule has 0 unspecified atom stereocenters. The molecule has 118 valence electrons. The smallest absolute Gasteiger partial charge is 0.337 e. The summed E-state index contributed by atoms with van der Waals surface area (Å²) in [6.07, 6.45) is 0. The molecule has 0 radical (unpaired) electrons. The minimum atomic E-state index is -1.91. The van der Waals surface area contributed by atoms with E-state index in [1.807, 2.05) is 19.1 Å². The standard InChI is InChI=1S/C16H25BrO3Si/c1-11-8-12(15(18)19-5)9-13(10-17)14(11)20-21(6,7)16(2,3)4/h8-9H,10H2,1-7H3. The summed E-state index contributed by atoms with van der Waals surface area (Å²) in [5.41, 5.74) is 2.52. The van der Waals surface area contributed by atoms with Crippen molar-refractivity contribution in [1.82, 2.24) is 0 Å². The molecule has 0 aliphatic heterocycles. The first-order valence-corrected chi connectivity index (χ1v) is 11.0. The third kappa shape index (κ3) is 4.10. The number of benzene rings is 1. The molecule has 0 bridgehead atoms. The van der Waals surface area contributed by atoms with Crippen molar-refractivity contribution in [1.29, 1.82) is 0 Å². The Morgan fingerprint density at radius 1 is 1.29 bits per heavy atom. The third-order valence-electron chi connectivity index (χ3n) is 4.08. The maximum absolute atomic E-state index is 11.7. The number of carbonyl (C=O) groups excluding carboxylic acids is 1. The van der Waals surface area contributed by atoms with E-state index >= 15 is 0 Å². The Balaban J connectivity index is 3.29. The molecule has 1 rings (SSSR count). The first-order chi connectivity index (χ1) is 9.53. The number of hydrogen-bond donors (Lipinski definition) is 0. The molecule has 0 saturated carbocycles. The zero-order chi connectivity index (χ0) is 16.4. The second-order valence-electron chi connectivity index (χ2n) is 6.77. The number of rotatable bonds is 4. The second kappa shape index (κ2) is 6.52. The van der Waals surface area contributed by atoms with Crippen molar-refractivity contribution in [3.05, 3.63) is 28.8 Å². The summed E-state index contributed by atoms with van der Waals surface area (Å²) < 4.78 is 11.2. The number of ether oxygens (including phenoxy) is 1. The molecule has 3 nitrogen and oxygen atoms in total. The van der Waals surface area contributed by atoms with Gasteiger partial charge in [0.2, 0.25) is 0 Å². The van der Waals surface area contributed by atoms with Crippen LogP contribution in [0, 0.1) is 6.92 Å². The highest BCUT2D eigenvalue weighted by Crippen LogP contribution is 2.40. The van der Waals surface area contributed by atoms with Crippen molar-refractivity contribution >= 4 is 30.2 Å². The van der Waals surface area contributed by atoms with E-state index in [1.54, 1.807) is 0 Å². The van der Waals surface area contributed by atoms with Gasteiger partial charge in [-0.25, -0.2) is 4.79 Å². The SMILES string of the molecule is COC(=O)c1cc(C)c(O[Si](C)(C)C(C)(C)C)c(CBr)c1. The van der Waals surface area contributed by atoms with Gasteiger partial charge in [-0.15, -0.1) is 0 Å². The highest BCUT2D eigenvalue weighted by Gasteiger charge is 2.39. The van der Waals surface area contributed by atoms with Crippen molar-refractivity contribution in [2.75, 3.05) is 7.11 Å². The van der Waals surface area contributed by atoms with Gasteiger partial charge in [0, 0.05) is 10.9 Å². The molecule has 0 spiro atoms. The van der Waals surface area contributed by atoms with E-state index < -0.39 is 8.32 Å². The summed E-state index contributed by atoms with van der Waals surface area (Å²) in [5.74, 6) is 0.574. The van der Waals surface area contributed by atoms with Crippen LogP contribution in [0.4, 0.5) is 0 Å². The van der Waals surface area contributed by atoms with Gasteiger partial charge in [0.05, 0.1) is 12.7 Å². The van der Waals surface area contributed by atoms with E-state index in [-0.39, 0.29) is 11.0 Å². The number of hydrogen-bond acceptors (Lipinski definition) is 3. The maximum atomic E-state index is 11.7. The molecule has 0 amide bonds. The number of halogens is 1. The zero-order valence-electron chi connectivity index (χ0n) is 14.0. The molecule has 5 heteroatoms. The molecular formula is C16H25BrO3Si. The van der Waals surface area contributed by atoms with Gasteiger partial charge in [-0.3, -0.25) is 0 Å². The number of alkyl halides is 1. The Hall–Kier alpha value is -0.813. The van der Waals surface area contributed by atoms with E-state index in [0.717, 1.165) is 16.9 Å². The van der Waals surface area contributed by atoms with Crippen LogP contribution in [-0.4, -0.2) is 21.4 Å². The van der Waals surface area contributed by atoms with Crippen molar-refractivity contribution in [2.45, 2.75) is 51.2 Å². The molecule has 1 aromatic carbocycles. The molecule has 0 N–H and O–H groups in total. The van der Waals surface area contributed by atoms with Gasteiger partial charge >= 0.3 is 5.97 Å². The number of aryl methyl sites for hydroxylation is 1. The maximum Gasteiger partial charge on any atom is 0.337 e. The molecule has 0 aliphatic rings. The van der Waals surface area contributed by atoms with E-state index in [9.17, 15) is 4.79 Å². The molecule has 1 aromatic rings. The molecule has 0 heterocycles. The van der Waals surface area contributed by atoms with Crippen molar-refractivity contribution in [3.8, 4) is 5.75 Å². The normalized spacial score (nSPS) is 12.2. The van der Waals surface area contributed by atoms with Gasteiger partial charge in [0.1, 0.15) is 5.75 Å². The molecule has 0 saturated heterocycles. The summed E-state index contributed by atoms with van der Waals surface area (Å²) in [4.78, 5) is 11.7. The average molecular weight is 373 g/mol. The van der Waals surface area contributed by atoms with Crippen LogP contribution in [0.3, 0.4) is 0 Å². The van der Waals surface area contributed by atoms with Crippen molar-refractivity contribution in [3.63, 3.8) is 0 Å². The van der Waals surface area contributed by atoms with E-state index in [1.165, 1.54) is 7.11 Å². The molecule has 0 fully saturated rings. The zero-order valence-corrected chi connectivity index (χ0v) is 16.6. The lowest BCUT2D eigenvalue weighted by atomic mass is 10.1. The van der Waals surface area contributed by atoms with Crippen LogP contribution in [0.2, 0.25) is 18.1 Å². The van der Waals surface area contributed by atoms with Crippen LogP contribution in [0.25, 0.3) is 0 Å². The van der Waals surface area contributed by atoms with Crippen molar-refractivity contribution < 1.29 is 14.0 Å². The molecule has 0 aliphatic carbocycles. The third-order valence-corrected chi connectivity index (χ3v) is 9.01. The van der Waals surface area contributed by atoms with E-state index in [4.69, 9.17) is 9.16 Å². The van der Waals surface area contributed by atoms with Crippen LogP contribution in [0.5, 0.6) is 5.75 Å². The first-order valence-electron chi connectivity index (χ1n) is 7.00. The highest BCUT2D eigenvalue weighted by atomic mass is 79.9. The molecular weight excluding hydrogens is 348 g/mol. The number of carbonyl (C=O) groups is 1. The summed E-state index contributed by atoms with van der Waals surface area (Å²) in [7, 11) is -0.520. The van der Waals surface area contributed by atoms with Crippen LogP contribution >= 0.6 is 15.9 Å². The van der Waals surface area contributed by atoms with Gasteiger partial charge in [0.15, 0.2) is 0 Å². The lowest BCUT2D eigenvalue weighted by Gasteiger charge is -2.37. The largest absolute Gasteiger partial charge is 0.543 e. The fraction of sp³-hybridized carbons (Fsp3) is 0.562. The van der Waals surface area contributed by atoms with Gasteiger partial charge < -0.3 is 9.16 Å². The Kier molecular flexibility index (Phi) is 5.67. The summed E-state index contributed by atoms with van der Waals surface area (Å²) in [6.45, 7) is 13.1. The van der Waals surface area contributed by atoms with Crippen LogP contribution < -0.4 is 4.43 Å². The fourth-order valence-electron chi connectivity index (χ4n) is 1.74. The van der Waals surface area contributed by atoms with Crippen LogP contribution in [0.1, 0.15) is 42.3 Å². The summed E-state index contributed by atoms with van der Waals surface area (Å²) in [6, 6.07) is 3.68. The highest BCUT2D eigenvalue weighted by molar-refractivity contribution is 9.08. The quantitative estimate of drug-likeness (QED) is 0.420. The monoisotopic (exact) mass is 372 g/mol. The van der Waals surface area contributed by atoms with E-state index in [2.05, 4.69) is 49.8 Å². The lowest BCUT2D eigenvalue weighted by Crippen LogP contribution is -2.44. The number of esters is 1. The van der Waals surface area contributed by atoms with Gasteiger partial charge in [0.25, 0.3) is 8.32 Å². The summed E-state index contributed by atoms with van der Waals surface area (Å²) >= 11 is 3.49. The number of methoxy groups -OCH3 is 1. The Labute approximate surface area is 137 Å². The predicted octanol–water partition coefficient (Wildman–Crippen LogP) is 5.06. The Morgan fingerprint density at radius 3 is 2.29 bits per heavy atom. The molecule has 0 aromatic heterocycles. The van der Waals surface area contributed by atoms with E-state index in [0.29, 0.717) is 10.9 Å². The predicted molar refractivity (Wildman–Crippen MR) is 93.0 cm³/mol. The van der Waals surface area contributed by atoms with Gasteiger partial charge in [-0.1, -0.05) is 36.7 Å². The first kappa shape index (κ1) is 18.2. The van der Waals surface area contributed by atoms with Crippen LogP contribution in [0.15, 0.2) is 12.1 Å². The minimum Gasteiger partial charge on any atom is -0.543 e. The minimum absolute atomic E-state index is 0.129. The van der Waals surface area contributed by atoms with Gasteiger partial charge in [-0.05, 0) is 42.8 Å². The Morgan fingerprint density at radius 2 is 1.86 bits per heavy atom.